The molecule has 3 amide bonds. The Balaban J connectivity index is 1.14. The predicted molar refractivity (Wildman–Crippen MR) is 168 cm³/mol. The van der Waals surface area contributed by atoms with Crippen LogP contribution in [0.2, 0.25) is 0 Å². The van der Waals surface area contributed by atoms with Crippen molar-refractivity contribution in [1.82, 2.24) is 25.7 Å². The standard InChI is InChI=1S/C32H37N7O3S/c1-22(2)21-33-28(40)19-24-11-8-12-25(17-24)20-29(41)34-27-16-15-26(36-37-27)13-6-7-14-31-38-39-32(43-31)35-30(42)18-23-9-4-3-5-10-23/h3-5,8-12,15-17,22H,6-7,13-14,18-21H2,1-2H3,(H,33,40)(H,34,37,41)(H,35,39,42). The highest BCUT2D eigenvalue weighted by atomic mass is 32.1. The van der Waals surface area contributed by atoms with Gasteiger partial charge in [-0.25, -0.2) is 0 Å². The quantitative estimate of drug-likeness (QED) is 0.170. The SMILES string of the molecule is CC(C)CNC(=O)Cc1cccc(CC(=O)Nc2ccc(CCCCc3nnc(NC(=O)Cc4ccccc4)s3)nn2)c1. The topological polar surface area (TPSA) is 139 Å². The zero-order valence-corrected chi connectivity index (χ0v) is 25.3. The Morgan fingerprint density at radius 1 is 0.698 bits per heavy atom. The Kier molecular flexibility index (Phi) is 11.8. The molecule has 0 radical (unpaired) electrons. The minimum absolute atomic E-state index is 0.0276. The summed E-state index contributed by atoms with van der Waals surface area (Å²) in [4.78, 5) is 36.9. The van der Waals surface area contributed by atoms with Gasteiger partial charge >= 0.3 is 0 Å². The molecule has 2 aromatic heterocycles. The number of hydrogen-bond donors (Lipinski definition) is 3. The van der Waals surface area contributed by atoms with Gasteiger partial charge in [0.05, 0.1) is 25.0 Å². The molecule has 0 fully saturated rings. The van der Waals surface area contributed by atoms with Crippen molar-refractivity contribution in [3.8, 4) is 0 Å². The smallest absolute Gasteiger partial charge is 0.230 e. The van der Waals surface area contributed by atoms with Gasteiger partial charge < -0.3 is 16.0 Å². The van der Waals surface area contributed by atoms with Crippen molar-refractivity contribution in [3.05, 3.63) is 94.1 Å². The Morgan fingerprint density at radius 3 is 2.09 bits per heavy atom. The van der Waals surface area contributed by atoms with E-state index in [9.17, 15) is 14.4 Å². The number of benzene rings is 2. The first-order valence-electron chi connectivity index (χ1n) is 14.5. The zero-order valence-electron chi connectivity index (χ0n) is 24.5. The lowest BCUT2D eigenvalue weighted by atomic mass is 10.1. The maximum atomic E-state index is 12.6. The lowest BCUT2D eigenvalue weighted by Crippen LogP contribution is -2.28. The minimum Gasteiger partial charge on any atom is -0.356 e. The third kappa shape index (κ3) is 11.4. The summed E-state index contributed by atoms with van der Waals surface area (Å²) in [5.41, 5.74) is 3.48. The molecule has 0 aliphatic heterocycles. The molecule has 224 valence electrons. The summed E-state index contributed by atoms with van der Waals surface area (Å²) in [6, 6.07) is 20.7. The van der Waals surface area contributed by atoms with Crippen LogP contribution in [0.4, 0.5) is 10.9 Å². The van der Waals surface area contributed by atoms with Crippen LogP contribution < -0.4 is 16.0 Å². The number of anilines is 2. The van der Waals surface area contributed by atoms with Gasteiger partial charge in [0.15, 0.2) is 5.82 Å². The zero-order chi connectivity index (χ0) is 30.4. The van der Waals surface area contributed by atoms with Gasteiger partial charge in [-0.15, -0.1) is 15.3 Å². The fourth-order valence-electron chi connectivity index (χ4n) is 4.28. The van der Waals surface area contributed by atoms with Crippen LogP contribution >= 0.6 is 11.3 Å². The second-order valence-corrected chi connectivity index (χ2v) is 11.8. The maximum absolute atomic E-state index is 12.6. The average molecular weight is 600 g/mol. The summed E-state index contributed by atoms with van der Waals surface area (Å²) in [7, 11) is 0. The van der Waals surface area contributed by atoms with E-state index < -0.39 is 0 Å². The largest absolute Gasteiger partial charge is 0.356 e. The van der Waals surface area contributed by atoms with Crippen LogP contribution in [0.3, 0.4) is 0 Å². The first-order chi connectivity index (χ1) is 20.8. The van der Waals surface area contributed by atoms with Crippen LogP contribution in [0.25, 0.3) is 0 Å². The Hall–Kier alpha value is -4.51. The molecule has 0 unspecified atom stereocenters. The van der Waals surface area contributed by atoms with Crippen molar-refractivity contribution in [2.24, 2.45) is 5.92 Å². The van der Waals surface area contributed by atoms with Crippen molar-refractivity contribution in [2.75, 3.05) is 17.2 Å². The molecule has 43 heavy (non-hydrogen) atoms. The number of aromatic nitrogens is 4. The van der Waals surface area contributed by atoms with E-state index in [0.717, 1.165) is 53.1 Å². The van der Waals surface area contributed by atoms with E-state index in [1.54, 1.807) is 6.07 Å². The van der Waals surface area contributed by atoms with Crippen molar-refractivity contribution in [3.63, 3.8) is 0 Å². The lowest BCUT2D eigenvalue weighted by molar-refractivity contribution is -0.120. The van der Waals surface area contributed by atoms with E-state index in [0.29, 0.717) is 29.8 Å². The number of carbonyl (C=O) groups is 3. The van der Waals surface area contributed by atoms with Gasteiger partial charge in [-0.2, -0.15) is 5.10 Å². The summed E-state index contributed by atoms with van der Waals surface area (Å²) < 4.78 is 0. The molecule has 0 aliphatic carbocycles. The second-order valence-electron chi connectivity index (χ2n) is 10.7. The van der Waals surface area contributed by atoms with Gasteiger partial charge in [-0.3, -0.25) is 14.4 Å². The third-order valence-corrected chi connectivity index (χ3v) is 7.31. The van der Waals surface area contributed by atoms with Gasteiger partial charge in [0.1, 0.15) is 5.01 Å². The number of carbonyl (C=O) groups excluding carboxylic acids is 3. The van der Waals surface area contributed by atoms with E-state index in [4.69, 9.17) is 0 Å². The van der Waals surface area contributed by atoms with Crippen LogP contribution in [-0.2, 0) is 46.5 Å². The van der Waals surface area contributed by atoms with Gasteiger partial charge in [-0.1, -0.05) is 79.8 Å². The summed E-state index contributed by atoms with van der Waals surface area (Å²) in [5.74, 6) is 0.454. The predicted octanol–water partition coefficient (Wildman–Crippen LogP) is 4.57. The van der Waals surface area contributed by atoms with Gasteiger partial charge in [0.2, 0.25) is 22.9 Å². The van der Waals surface area contributed by atoms with Crippen LogP contribution in [0, 0.1) is 5.92 Å². The van der Waals surface area contributed by atoms with E-state index in [2.05, 4.69) is 50.2 Å². The maximum Gasteiger partial charge on any atom is 0.230 e. The fourth-order valence-corrected chi connectivity index (χ4v) is 5.08. The monoisotopic (exact) mass is 599 g/mol. The molecular formula is C32H37N7O3S. The van der Waals surface area contributed by atoms with Crippen molar-refractivity contribution in [2.45, 2.75) is 58.8 Å². The normalized spacial score (nSPS) is 10.9. The molecule has 2 heterocycles. The average Bonchev–Trinajstić information content (AvgIpc) is 3.42. The Morgan fingerprint density at radius 2 is 1.37 bits per heavy atom. The molecule has 4 rings (SSSR count). The molecule has 0 spiro atoms. The van der Waals surface area contributed by atoms with Gasteiger partial charge in [0.25, 0.3) is 0 Å². The van der Waals surface area contributed by atoms with Crippen molar-refractivity contribution in [1.29, 1.82) is 0 Å². The molecule has 0 aliphatic rings. The van der Waals surface area contributed by atoms with Crippen LogP contribution in [0.15, 0.2) is 66.7 Å². The number of aryl methyl sites for hydroxylation is 2. The van der Waals surface area contributed by atoms with E-state index in [-0.39, 0.29) is 30.6 Å². The van der Waals surface area contributed by atoms with Crippen molar-refractivity contribution >= 4 is 40.0 Å². The summed E-state index contributed by atoms with van der Waals surface area (Å²) in [6.07, 6.45) is 4.05. The van der Waals surface area contributed by atoms with Crippen molar-refractivity contribution < 1.29 is 14.4 Å². The summed E-state index contributed by atoms with van der Waals surface area (Å²) >= 11 is 1.39. The minimum atomic E-state index is -0.198. The summed E-state index contributed by atoms with van der Waals surface area (Å²) in [6.45, 7) is 4.74. The van der Waals surface area contributed by atoms with E-state index in [1.165, 1.54) is 11.3 Å². The number of amides is 3. The lowest BCUT2D eigenvalue weighted by Gasteiger charge is -2.09. The highest BCUT2D eigenvalue weighted by molar-refractivity contribution is 7.15. The molecule has 11 heteroatoms. The molecule has 10 nitrogen and oxygen atoms in total. The number of nitrogens with one attached hydrogen (secondary N) is 3. The highest BCUT2D eigenvalue weighted by Crippen LogP contribution is 2.18. The van der Waals surface area contributed by atoms with Gasteiger partial charge in [0, 0.05) is 13.0 Å². The first-order valence-corrected chi connectivity index (χ1v) is 15.3. The molecule has 0 atom stereocenters. The van der Waals surface area contributed by atoms with Crippen LogP contribution in [0.5, 0.6) is 0 Å². The molecular weight excluding hydrogens is 562 g/mol. The molecule has 0 saturated heterocycles. The number of unbranched alkanes of at least 4 members (excludes halogenated alkanes) is 1. The van der Waals surface area contributed by atoms with Gasteiger partial charge in [-0.05, 0) is 54.0 Å². The Bertz CT molecular complexity index is 1490. The number of rotatable bonds is 15. The fraction of sp³-hybridized carbons (Fsp3) is 0.344. The molecule has 4 aromatic rings. The van der Waals surface area contributed by atoms with Crippen LogP contribution in [-0.4, -0.2) is 44.7 Å². The third-order valence-electron chi connectivity index (χ3n) is 6.41. The van der Waals surface area contributed by atoms with E-state index >= 15 is 0 Å². The molecule has 0 saturated carbocycles. The highest BCUT2D eigenvalue weighted by Gasteiger charge is 2.11. The van der Waals surface area contributed by atoms with E-state index in [1.807, 2.05) is 60.7 Å². The second kappa shape index (κ2) is 16.2. The molecule has 0 bridgehead atoms. The molecule has 3 N–H and O–H groups in total. The number of nitrogens with zero attached hydrogens (tertiary/aromatic N) is 4. The number of hydrogen-bond acceptors (Lipinski definition) is 8. The molecule has 2 aromatic carbocycles. The summed E-state index contributed by atoms with van der Waals surface area (Å²) in [5, 5.41) is 26.6. The Labute approximate surface area is 255 Å². The van der Waals surface area contributed by atoms with Crippen LogP contribution in [0.1, 0.15) is 54.1 Å². The first kappa shape index (κ1) is 31.4.